The van der Waals surface area contributed by atoms with Gasteiger partial charge in [-0.05, 0) is 56.0 Å². The number of benzene rings is 2. The summed E-state index contributed by atoms with van der Waals surface area (Å²) in [7, 11) is -3.82. The van der Waals surface area contributed by atoms with Crippen molar-refractivity contribution in [1.82, 2.24) is 10.2 Å². The van der Waals surface area contributed by atoms with Gasteiger partial charge in [-0.1, -0.05) is 38.1 Å². The van der Waals surface area contributed by atoms with Crippen molar-refractivity contribution in [3.8, 4) is 0 Å². The normalized spacial score (nSPS) is 12.4. The monoisotopic (exact) mass is 491 g/mol. The Kier molecular flexibility index (Phi) is 9.21. The van der Waals surface area contributed by atoms with Gasteiger partial charge in [0.2, 0.25) is 21.8 Å². The molecular weight excluding hydrogens is 457 g/mol. The molecule has 0 spiro atoms. The average Bonchev–Trinajstić information content (AvgIpc) is 2.73. The molecule has 1 atom stereocenters. The summed E-state index contributed by atoms with van der Waals surface area (Å²) in [6.07, 6.45) is 1.03. The van der Waals surface area contributed by atoms with Crippen molar-refractivity contribution in [2.75, 3.05) is 23.7 Å². The predicted octanol–water partition coefficient (Wildman–Crippen LogP) is 3.40. The van der Waals surface area contributed by atoms with Crippen molar-refractivity contribution >= 4 is 27.5 Å². The number of aryl methyl sites for hydroxylation is 2. The van der Waals surface area contributed by atoms with Gasteiger partial charge < -0.3 is 10.2 Å². The molecule has 0 radical (unpaired) electrons. The van der Waals surface area contributed by atoms with Crippen molar-refractivity contribution in [3.63, 3.8) is 0 Å². The van der Waals surface area contributed by atoms with E-state index < -0.39 is 40.2 Å². The maximum atomic E-state index is 14.4. The molecule has 2 rings (SSSR count). The number of rotatable bonds is 10. The van der Waals surface area contributed by atoms with Crippen LogP contribution in [0.1, 0.15) is 37.5 Å². The Bertz CT molecular complexity index is 1110. The van der Waals surface area contributed by atoms with Crippen LogP contribution in [0.3, 0.4) is 0 Å². The maximum Gasteiger partial charge on any atom is 0.244 e. The molecule has 0 heterocycles. The van der Waals surface area contributed by atoms with Gasteiger partial charge in [0, 0.05) is 18.7 Å². The van der Waals surface area contributed by atoms with E-state index in [0.29, 0.717) is 12.2 Å². The van der Waals surface area contributed by atoms with Crippen LogP contribution >= 0.6 is 0 Å². The lowest BCUT2D eigenvalue weighted by molar-refractivity contribution is -0.139. The van der Waals surface area contributed by atoms with E-state index in [1.54, 1.807) is 25.1 Å². The highest BCUT2D eigenvalue weighted by atomic mass is 32.2. The summed E-state index contributed by atoms with van der Waals surface area (Å²) >= 11 is 0. The first kappa shape index (κ1) is 27.3. The molecule has 9 heteroatoms. The van der Waals surface area contributed by atoms with Crippen molar-refractivity contribution in [3.05, 3.63) is 65.0 Å². The number of amides is 2. The highest BCUT2D eigenvalue weighted by Crippen LogP contribution is 2.22. The molecule has 34 heavy (non-hydrogen) atoms. The average molecular weight is 492 g/mol. The molecule has 0 saturated carbocycles. The standard InChI is InChI=1S/C25H34FN3O4S/c1-17(2)14-27-25(31)20(5)28(15-21-9-7-8-10-23(21)26)24(30)16-29(34(6,32)33)22-12-18(3)11-19(4)13-22/h7-13,17,20H,14-16H2,1-6H3,(H,27,31). The molecule has 2 aromatic carbocycles. The zero-order valence-corrected chi connectivity index (χ0v) is 21.4. The molecule has 1 N–H and O–H groups in total. The van der Waals surface area contributed by atoms with E-state index in [1.807, 2.05) is 33.8 Å². The van der Waals surface area contributed by atoms with E-state index in [2.05, 4.69) is 5.32 Å². The van der Waals surface area contributed by atoms with Gasteiger partial charge in [0.05, 0.1) is 11.9 Å². The van der Waals surface area contributed by atoms with E-state index in [0.717, 1.165) is 21.7 Å². The van der Waals surface area contributed by atoms with Crippen molar-refractivity contribution < 1.29 is 22.4 Å². The predicted molar refractivity (Wildman–Crippen MR) is 132 cm³/mol. The van der Waals surface area contributed by atoms with Crippen LogP contribution < -0.4 is 9.62 Å². The third-order valence-corrected chi connectivity index (χ3v) is 6.46. The Morgan fingerprint density at radius 1 is 1.03 bits per heavy atom. The van der Waals surface area contributed by atoms with Crippen LogP contribution in [-0.4, -0.2) is 50.5 Å². The fourth-order valence-electron chi connectivity index (χ4n) is 3.55. The lowest BCUT2D eigenvalue weighted by atomic mass is 10.1. The second-order valence-electron chi connectivity index (χ2n) is 9.04. The minimum Gasteiger partial charge on any atom is -0.354 e. The topological polar surface area (TPSA) is 86.8 Å². The van der Waals surface area contributed by atoms with E-state index in [-0.39, 0.29) is 18.0 Å². The molecule has 0 aliphatic heterocycles. The molecule has 1 unspecified atom stereocenters. The van der Waals surface area contributed by atoms with Gasteiger partial charge in [0.15, 0.2) is 0 Å². The summed E-state index contributed by atoms with van der Waals surface area (Å²) in [6, 6.07) is 10.3. The number of nitrogens with zero attached hydrogens (tertiary/aromatic N) is 2. The quantitative estimate of drug-likeness (QED) is 0.552. The van der Waals surface area contributed by atoms with Gasteiger partial charge in [0.25, 0.3) is 0 Å². The Morgan fingerprint density at radius 3 is 2.15 bits per heavy atom. The molecule has 0 saturated heterocycles. The molecule has 0 aliphatic carbocycles. The molecule has 7 nitrogen and oxygen atoms in total. The number of carbonyl (C=O) groups excluding carboxylic acids is 2. The Balaban J connectivity index is 2.41. The number of hydrogen-bond donors (Lipinski definition) is 1. The molecule has 2 amide bonds. The number of hydrogen-bond acceptors (Lipinski definition) is 4. The summed E-state index contributed by atoms with van der Waals surface area (Å²) in [6.45, 7) is 8.85. The molecule has 2 aromatic rings. The number of halogens is 1. The first-order valence-corrected chi connectivity index (χ1v) is 13.0. The van der Waals surface area contributed by atoms with Gasteiger partial charge in [-0.25, -0.2) is 12.8 Å². The van der Waals surface area contributed by atoms with Crippen molar-refractivity contribution in [1.29, 1.82) is 0 Å². The van der Waals surface area contributed by atoms with Crippen LogP contribution in [0.15, 0.2) is 42.5 Å². The van der Waals surface area contributed by atoms with E-state index in [4.69, 9.17) is 0 Å². The van der Waals surface area contributed by atoms with Crippen LogP contribution in [0.25, 0.3) is 0 Å². The first-order valence-electron chi connectivity index (χ1n) is 11.2. The SMILES string of the molecule is Cc1cc(C)cc(N(CC(=O)N(Cc2ccccc2F)C(C)C(=O)NCC(C)C)S(C)(=O)=O)c1. The molecule has 0 aliphatic rings. The van der Waals surface area contributed by atoms with Crippen LogP contribution in [0.4, 0.5) is 10.1 Å². The summed E-state index contributed by atoms with van der Waals surface area (Å²) in [5.41, 5.74) is 2.29. The number of anilines is 1. The Hall–Kier alpha value is -2.94. The van der Waals surface area contributed by atoms with Crippen LogP contribution in [0.2, 0.25) is 0 Å². The maximum absolute atomic E-state index is 14.4. The van der Waals surface area contributed by atoms with Crippen molar-refractivity contribution in [2.24, 2.45) is 5.92 Å². The fraction of sp³-hybridized carbons (Fsp3) is 0.440. The zero-order chi connectivity index (χ0) is 25.6. The second-order valence-corrected chi connectivity index (χ2v) is 11.0. The lowest BCUT2D eigenvalue weighted by Gasteiger charge is -2.32. The summed E-state index contributed by atoms with van der Waals surface area (Å²) in [4.78, 5) is 27.5. The lowest BCUT2D eigenvalue weighted by Crippen LogP contribution is -2.51. The molecule has 0 bridgehead atoms. The molecule has 0 aromatic heterocycles. The van der Waals surface area contributed by atoms with Gasteiger partial charge >= 0.3 is 0 Å². The summed E-state index contributed by atoms with van der Waals surface area (Å²) in [5.74, 6) is -1.31. The second kappa shape index (κ2) is 11.5. The van der Waals surface area contributed by atoms with Crippen LogP contribution in [0.5, 0.6) is 0 Å². The van der Waals surface area contributed by atoms with Gasteiger partial charge in [0.1, 0.15) is 18.4 Å². The first-order chi connectivity index (χ1) is 15.8. The number of nitrogens with one attached hydrogen (secondary N) is 1. The number of sulfonamides is 1. The highest BCUT2D eigenvalue weighted by molar-refractivity contribution is 7.92. The van der Waals surface area contributed by atoms with Gasteiger partial charge in [-0.15, -0.1) is 0 Å². The zero-order valence-electron chi connectivity index (χ0n) is 20.6. The van der Waals surface area contributed by atoms with Gasteiger partial charge in [-0.3, -0.25) is 13.9 Å². The van der Waals surface area contributed by atoms with Crippen molar-refractivity contribution in [2.45, 2.75) is 47.2 Å². The van der Waals surface area contributed by atoms with E-state index >= 15 is 0 Å². The van der Waals surface area contributed by atoms with E-state index in [1.165, 1.54) is 23.1 Å². The fourth-order valence-corrected chi connectivity index (χ4v) is 4.39. The molecule has 186 valence electrons. The number of carbonyl (C=O) groups is 2. The Labute approximate surface area is 202 Å². The third-order valence-electron chi connectivity index (χ3n) is 5.32. The minimum absolute atomic E-state index is 0.174. The van der Waals surface area contributed by atoms with Crippen LogP contribution in [0, 0.1) is 25.6 Å². The Morgan fingerprint density at radius 2 is 1.62 bits per heavy atom. The smallest absolute Gasteiger partial charge is 0.244 e. The van der Waals surface area contributed by atoms with E-state index in [9.17, 15) is 22.4 Å². The molecule has 0 fully saturated rings. The minimum atomic E-state index is -3.82. The van der Waals surface area contributed by atoms with Crippen LogP contribution in [-0.2, 0) is 26.2 Å². The highest BCUT2D eigenvalue weighted by Gasteiger charge is 2.30. The largest absolute Gasteiger partial charge is 0.354 e. The summed E-state index contributed by atoms with van der Waals surface area (Å²) < 4.78 is 40.7. The molecular formula is C25H34FN3O4S. The third kappa shape index (κ3) is 7.55. The van der Waals surface area contributed by atoms with Gasteiger partial charge in [-0.2, -0.15) is 0 Å². The summed E-state index contributed by atoms with van der Waals surface area (Å²) in [5, 5.41) is 2.79.